The molecule has 2 aromatic rings. The van der Waals surface area contributed by atoms with E-state index in [4.69, 9.17) is 12.2 Å². The fourth-order valence-electron chi connectivity index (χ4n) is 2.36. The molecule has 0 aromatic heterocycles. The average molecular weight is 337 g/mol. The number of aryl methyl sites for hydroxylation is 2. The van der Waals surface area contributed by atoms with Crippen molar-refractivity contribution in [2.45, 2.75) is 26.6 Å². The fraction of sp³-hybridized carbons (Fsp3) is 0.278. The van der Waals surface area contributed by atoms with Gasteiger partial charge in [0, 0.05) is 19.2 Å². The van der Waals surface area contributed by atoms with Gasteiger partial charge < -0.3 is 4.90 Å². The maximum atomic E-state index is 12.8. The van der Waals surface area contributed by atoms with Crippen LogP contribution in [0.4, 0.5) is 13.2 Å². The van der Waals surface area contributed by atoms with Crippen LogP contribution in [-0.2, 0) is 12.7 Å². The maximum Gasteiger partial charge on any atom is 0.416 e. The minimum absolute atomic E-state index is 0.329. The molecule has 0 saturated heterocycles. The first-order chi connectivity index (χ1) is 10.7. The standard InChI is InChI=1S/C18H18F3NS/c1-12-7-8-13(2)16(9-12)17(23)22(3)11-14-5-4-6-15(10-14)18(19,20)21/h4-10H,11H2,1-3H3. The topological polar surface area (TPSA) is 3.24 Å². The summed E-state index contributed by atoms with van der Waals surface area (Å²) in [6.07, 6.45) is -4.33. The van der Waals surface area contributed by atoms with Gasteiger partial charge in [-0.15, -0.1) is 0 Å². The van der Waals surface area contributed by atoms with Gasteiger partial charge >= 0.3 is 6.18 Å². The van der Waals surface area contributed by atoms with Gasteiger partial charge in [-0.3, -0.25) is 0 Å². The van der Waals surface area contributed by atoms with Gasteiger partial charge in [0.05, 0.1) is 5.56 Å². The summed E-state index contributed by atoms with van der Waals surface area (Å²) in [5.41, 5.74) is 3.03. The highest BCUT2D eigenvalue weighted by Gasteiger charge is 2.30. The van der Waals surface area contributed by atoms with E-state index in [0.29, 0.717) is 17.1 Å². The first-order valence-corrected chi connectivity index (χ1v) is 7.58. The van der Waals surface area contributed by atoms with Crippen molar-refractivity contribution in [1.29, 1.82) is 0 Å². The van der Waals surface area contributed by atoms with Crippen molar-refractivity contribution in [2.75, 3.05) is 7.05 Å². The van der Waals surface area contributed by atoms with Gasteiger partial charge in [0.25, 0.3) is 0 Å². The van der Waals surface area contributed by atoms with Crippen molar-refractivity contribution < 1.29 is 13.2 Å². The highest BCUT2D eigenvalue weighted by Crippen LogP contribution is 2.29. The Labute approximate surface area is 139 Å². The fourth-order valence-corrected chi connectivity index (χ4v) is 2.65. The van der Waals surface area contributed by atoms with E-state index >= 15 is 0 Å². The third kappa shape index (κ3) is 4.32. The van der Waals surface area contributed by atoms with Gasteiger partial charge in [-0.2, -0.15) is 13.2 Å². The predicted molar refractivity (Wildman–Crippen MR) is 90.5 cm³/mol. The van der Waals surface area contributed by atoms with Crippen LogP contribution in [0.15, 0.2) is 42.5 Å². The lowest BCUT2D eigenvalue weighted by Gasteiger charge is -2.22. The third-order valence-electron chi connectivity index (χ3n) is 3.64. The van der Waals surface area contributed by atoms with Crippen molar-refractivity contribution in [3.63, 3.8) is 0 Å². The number of alkyl halides is 3. The molecule has 23 heavy (non-hydrogen) atoms. The van der Waals surface area contributed by atoms with Crippen LogP contribution in [-0.4, -0.2) is 16.9 Å². The summed E-state index contributed by atoms with van der Waals surface area (Å²) in [6, 6.07) is 11.3. The van der Waals surface area contributed by atoms with Crippen LogP contribution in [0.25, 0.3) is 0 Å². The second-order valence-electron chi connectivity index (χ2n) is 5.68. The highest BCUT2D eigenvalue weighted by molar-refractivity contribution is 7.80. The number of thiocarbonyl (C=S) groups is 1. The van der Waals surface area contributed by atoms with Crippen LogP contribution in [0.1, 0.15) is 27.8 Å². The van der Waals surface area contributed by atoms with Gasteiger partial charge in [0.2, 0.25) is 0 Å². The molecule has 0 heterocycles. The summed E-state index contributed by atoms with van der Waals surface area (Å²) < 4.78 is 38.4. The second-order valence-corrected chi connectivity index (χ2v) is 6.06. The lowest BCUT2D eigenvalue weighted by molar-refractivity contribution is -0.137. The van der Waals surface area contributed by atoms with Crippen molar-refractivity contribution >= 4 is 17.2 Å². The lowest BCUT2D eigenvalue weighted by Crippen LogP contribution is -2.26. The molecule has 0 spiro atoms. The largest absolute Gasteiger partial charge is 0.416 e. The Morgan fingerprint density at radius 2 is 1.78 bits per heavy atom. The van der Waals surface area contributed by atoms with Crippen LogP contribution >= 0.6 is 12.2 Å². The first-order valence-electron chi connectivity index (χ1n) is 7.17. The van der Waals surface area contributed by atoms with Gasteiger partial charge in [-0.25, -0.2) is 0 Å². The zero-order valence-electron chi connectivity index (χ0n) is 13.2. The maximum absolute atomic E-state index is 12.8. The molecule has 2 aromatic carbocycles. The average Bonchev–Trinajstić information content (AvgIpc) is 2.48. The highest BCUT2D eigenvalue weighted by atomic mass is 32.1. The van der Waals surface area contributed by atoms with Crippen LogP contribution in [0, 0.1) is 13.8 Å². The Morgan fingerprint density at radius 1 is 1.09 bits per heavy atom. The molecule has 0 unspecified atom stereocenters. The van der Waals surface area contributed by atoms with E-state index in [1.54, 1.807) is 18.0 Å². The first kappa shape index (κ1) is 17.5. The number of halogens is 3. The molecule has 0 bridgehead atoms. The van der Waals surface area contributed by atoms with E-state index in [1.807, 2.05) is 32.0 Å². The molecule has 0 N–H and O–H groups in total. The monoisotopic (exact) mass is 337 g/mol. The summed E-state index contributed by atoms with van der Waals surface area (Å²) in [4.78, 5) is 2.43. The van der Waals surface area contributed by atoms with E-state index in [0.717, 1.165) is 22.8 Å². The van der Waals surface area contributed by atoms with Crippen LogP contribution in [0.5, 0.6) is 0 Å². The molecule has 0 aliphatic rings. The minimum atomic E-state index is -4.33. The Balaban J connectivity index is 2.20. The summed E-state index contributed by atoms with van der Waals surface area (Å²) >= 11 is 5.50. The second kappa shape index (κ2) is 6.71. The van der Waals surface area contributed by atoms with E-state index in [2.05, 4.69) is 0 Å². The smallest absolute Gasteiger partial charge is 0.361 e. The Hall–Kier alpha value is -1.88. The zero-order chi connectivity index (χ0) is 17.2. The molecular formula is C18H18F3NS. The van der Waals surface area contributed by atoms with Gasteiger partial charge in [0.15, 0.2) is 0 Å². The van der Waals surface area contributed by atoms with Crippen molar-refractivity contribution in [3.05, 3.63) is 70.3 Å². The molecule has 2 rings (SSSR count). The minimum Gasteiger partial charge on any atom is -0.361 e. The molecule has 0 radical (unpaired) electrons. The molecule has 122 valence electrons. The van der Waals surface area contributed by atoms with E-state index < -0.39 is 11.7 Å². The molecule has 0 atom stereocenters. The predicted octanol–water partition coefficient (Wildman–Crippen LogP) is 5.13. The Morgan fingerprint density at radius 3 is 2.43 bits per heavy atom. The normalized spacial score (nSPS) is 11.4. The van der Waals surface area contributed by atoms with Crippen molar-refractivity contribution in [1.82, 2.24) is 4.90 Å². The van der Waals surface area contributed by atoms with E-state index in [9.17, 15) is 13.2 Å². The molecule has 0 saturated carbocycles. The summed E-state index contributed by atoms with van der Waals surface area (Å²) in [5.74, 6) is 0. The molecule has 0 amide bonds. The molecule has 0 aliphatic heterocycles. The summed E-state index contributed by atoms with van der Waals surface area (Å²) in [5, 5.41) is 0. The van der Waals surface area contributed by atoms with Crippen molar-refractivity contribution in [3.8, 4) is 0 Å². The number of rotatable bonds is 3. The summed E-state index contributed by atoms with van der Waals surface area (Å²) in [6.45, 7) is 4.29. The van der Waals surface area contributed by atoms with Crippen LogP contribution in [0.3, 0.4) is 0 Å². The molecule has 0 fully saturated rings. The quantitative estimate of drug-likeness (QED) is 0.714. The SMILES string of the molecule is Cc1ccc(C)c(C(=S)N(C)Cc2cccc(C(F)(F)F)c2)c1. The number of hydrogen-bond acceptors (Lipinski definition) is 1. The van der Waals surface area contributed by atoms with Gasteiger partial charge in [0.1, 0.15) is 4.99 Å². The van der Waals surface area contributed by atoms with Crippen LogP contribution in [0.2, 0.25) is 0 Å². The zero-order valence-corrected chi connectivity index (χ0v) is 14.1. The van der Waals surface area contributed by atoms with E-state index in [-0.39, 0.29) is 0 Å². The third-order valence-corrected chi connectivity index (χ3v) is 4.18. The number of nitrogens with zero attached hydrogens (tertiary/aromatic N) is 1. The number of benzene rings is 2. The Kier molecular flexibility index (Phi) is 5.09. The molecular weight excluding hydrogens is 319 g/mol. The van der Waals surface area contributed by atoms with E-state index in [1.165, 1.54) is 12.1 Å². The van der Waals surface area contributed by atoms with Crippen LogP contribution < -0.4 is 0 Å². The molecule has 5 heteroatoms. The molecule has 1 nitrogen and oxygen atoms in total. The van der Waals surface area contributed by atoms with Gasteiger partial charge in [-0.1, -0.05) is 42.0 Å². The van der Waals surface area contributed by atoms with Gasteiger partial charge in [-0.05, 0) is 43.2 Å². The Bertz CT molecular complexity index is 722. The van der Waals surface area contributed by atoms with Crippen molar-refractivity contribution in [2.24, 2.45) is 0 Å². The number of hydrogen-bond donors (Lipinski definition) is 0. The lowest BCUT2D eigenvalue weighted by atomic mass is 10.0. The molecule has 0 aliphatic carbocycles. The summed E-state index contributed by atoms with van der Waals surface area (Å²) in [7, 11) is 1.80.